The maximum absolute atomic E-state index is 14.3. The standard InChI is InChI=1S/C24H23BF3O3.C4H12N/c1-2-3-13-23(17-7-4-10-20(26)14-17)24(31-25(29)30,18-8-5-11-21(27)15-18)19-9-6-12-22(28)16-19;1-5(2,3)4/h4-12,14-16,23,29H,2-3,13H2,1H3;1-4H3/q-1;+1. The summed E-state index contributed by atoms with van der Waals surface area (Å²) in [4.78, 5) is 0. The molecule has 0 amide bonds. The Bertz CT molecular complexity index is 1050. The van der Waals surface area contributed by atoms with Crippen molar-refractivity contribution in [3.8, 4) is 0 Å². The van der Waals surface area contributed by atoms with Gasteiger partial charge in [0.15, 0.2) is 0 Å². The van der Waals surface area contributed by atoms with Gasteiger partial charge >= 0.3 is 7.32 Å². The first kappa shape index (κ1) is 29.6. The van der Waals surface area contributed by atoms with E-state index in [2.05, 4.69) is 28.2 Å². The molecule has 0 aliphatic carbocycles. The van der Waals surface area contributed by atoms with Crippen molar-refractivity contribution in [3.63, 3.8) is 0 Å². The SMILES string of the molecule is CCCCC(c1cccc(F)c1)C(OB([O-])O)(c1cccc(F)c1)c1cccc(F)c1.C[N+](C)(C)C. The number of halogens is 3. The quantitative estimate of drug-likeness (QED) is 0.332. The molecule has 1 atom stereocenters. The largest absolute Gasteiger partial charge is 0.832 e. The van der Waals surface area contributed by atoms with Crippen LogP contribution in [0.5, 0.6) is 0 Å². The summed E-state index contributed by atoms with van der Waals surface area (Å²) in [5, 5.41) is 21.8. The smallest absolute Gasteiger partial charge is 0.343 e. The van der Waals surface area contributed by atoms with Crippen LogP contribution in [0.1, 0.15) is 48.8 Å². The third-order valence-corrected chi connectivity index (χ3v) is 5.38. The number of unbranched alkanes of at least 4 members (excludes halogenated alkanes) is 1. The maximum atomic E-state index is 14.3. The fourth-order valence-corrected chi connectivity index (χ4v) is 4.12. The first-order valence-corrected chi connectivity index (χ1v) is 11.9. The number of rotatable bonds is 9. The minimum absolute atomic E-state index is 0.221. The molecule has 0 aliphatic heterocycles. The van der Waals surface area contributed by atoms with Gasteiger partial charge in [0.2, 0.25) is 0 Å². The summed E-state index contributed by atoms with van der Waals surface area (Å²) in [7, 11) is 6.00. The molecular weight excluding hydrogens is 466 g/mol. The van der Waals surface area contributed by atoms with E-state index >= 15 is 0 Å². The average Bonchev–Trinajstić information content (AvgIpc) is 2.77. The summed E-state index contributed by atoms with van der Waals surface area (Å²) in [6, 6.07) is 16.6. The number of benzene rings is 3. The van der Waals surface area contributed by atoms with Crippen LogP contribution in [-0.4, -0.2) is 45.0 Å². The molecule has 0 radical (unpaired) electrons. The zero-order valence-electron chi connectivity index (χ0n) is 21.5. The molecule has 0 bridgehead atoms. The number of nitrogens with zero attached hydrogens (tertiary/aromatic N) is 1. The van der Waals surface area contributed by atoms with E-state index in [1.165, 1.54) is 54.6 Å². The predicted molar refractivity (Wildman–Crippen MR) is 135 cm³/mol. The van der Waals surface area contributed by atoms with E-state index in [9.17, 15) is 23.2 Å². The van der Waals surface area contributed by atoms with Gasteiger partial charge in [0.1, 0.15) is 23.1 Å². The summed E-state index contributed by atoms with van der Waals surface area (Å²) >= 11 is 0. The van der Waals surface area contributed by atoms with E-state index in [1.807, 2.05) is 6.92 Å². The molecule has 1 unspecified atom stereocenters. The molecule has 3 aromatic rings. The van der Waals surface area contributed by atoms with Crippen molar-refractivity contribution < 1.29 is 32.4 Å². The van der Waals surface area contributed by atoms with Crippen molar-refractivity contribution in [1.29, 1.82) is 0 Å². The van der Waals surface area contributed by atoms with Crippen molar-refractivity contribution in [1.82, 2.24) is 0 Å². The first-order chi connectivity index (χ1) is 16.9. The van der Waals surface area contributed by atoms with Gasteiger partial charge in [0.05, 0.1) is 28.2 Å². The molecule has 194 valence electrons. The van der Waals surface area contributed by atoms with Crippen molar-refractivity contribution in [3.05, 3.63) is 107 Å². The molecule has 36 heavy (non-hydrogen) atoms. The first-order valence-electron chi connectivity index (χ1n) is 11.9. The molecule has 0 spiro atoms. The Kier molecular flexibility index (Phi) is 10.7. The summed E-state index contributed by atoms with van der Waals surface area (Å²) in [5.41, 5.74) is -0.826. The zero-order valence-corrected chi connectivity index (χ0v) is 21.5. The minimum Gasteiger partial charge on any atom is -0.832 e. The highest BCUT2D eigenvalue weighted by Crippen LogP contribution is 2.48. The van der Waals surface area contributed by atoms with Gasteiger partial charge in [0.25, 0.3) is 0 Å². The number of hydrogen-bond donors (Lipinski definition) is 1. The topological polar surface area (TPSA) is 52.5 Å². The molecule has 0 saturated heterocycles. The summed E-state index contributed by atoms with van der Waals surface area (Å²) in [6.45, 7) is 1.97. The Morgan fingerprint density at radius 2 is 1.31 bits per heavy atom. The van der Waals surface area contributed by atoms with Crippen LogP contribution in [-0.2, 0) is 10.3 Å². The van der Waals surface area contributed by atoms with Gasteiger partial charge in [-0.25, -0.2) is 13.2 Å². The Labute approximate surface area is 212 Å². The molecule has 0 saturated carbocycles. The van der Waals surface area contributed by atoms with Gasteiger partial charge in [0, 0.05) is 5.92 Å². The predicted octanol–water partition coefficient (Wildman–Crippen LogP) is 5.00. The lowest BCUT2D eigenvalue weighted by Crippen LogP contribution is -2.48. The normalized spacial score (nSPS) is 12.5. The summed E-state index contributed by atoms with van der Waals surface area (Å²) < 4.78 is 49.3. The molecule has 3 aromatic carbocycles. The monoisotopic (exact) mass is 501 g/mol. The van der Waals surface area contributed by atoms with Crippen molar-refractivity contribution in [2.24, 2.45) is 0 Å². The van der Waals surface area contributed by atoms with Gasteiger partial charge in [-0.15, -0.1) is 0 Å². The molecular formula is C28H35BF3NO3. The van der Waals surface area contributed by atoms with Crippen molar-refractivity contribution >= 4 is 7.32 Å². The third-order valence-electron chi connectivity index (χ3n) is 5.38. The lowest BCUT2D eigenvalue weighted by atomic mass is 9.70. The fourth-order valence-electron chi connectivity index (χ4n) is 4.12. The van der Waals surface area contributed by atoms with E-state index in [1.54, 1.807) is 18.2 Å². The lowest BCUT2D eigenvalue weighted by Gasteiger charge is -2.45. The molecule has 3 rings (SSSR count). The average molecular weight is 501 g/mol. The Hall–Kier alpha value is -2.65. The van der Waals surface area contributed by atoms with Gasteiger partial charge < -0.3 is 19.2 Å². The van der Waals surface area contributed by atoms with Crippen LogP contribution < -0.4 is 5.02 Å². The van der Waals surface area contributed by atoms with E-state index in [-0.39, 0.29) is 11.1 Å². The third kappa shape index (κ3) is 8.48. The van der Waals surface area contributed by atoms with Gasteiger partial charge in [-0.2, -0.15) is 0 Å². The van der Waals surface area contributed by atoms with Crippen LogP contribution in [0.4, 0.5) is 13.2 Å². The Balaban J connectivity index is 0.000000830. The minimum atomic E-state index is -2.50. The Morgan fingerprint density at radius 3 is 1.69 bits per heavy atom. The van der Waals surface area contributed by atoms with E-state index < -0.39 is 36.3 Å². The second kappa shape index (κ2) is 13.1. The van der Waals surface area contributed by atoms with E-state index in [0.717, 1.165) is 10.9 Å². The molecule has 0 aliphatic rings. The second-order valence-corrected chi connectivity index (χ2v) is 10.1. The van der Waals surface area contributed by atoms with Crippen LogP contribution >= 0.6 is 0 Å². The van der Waals surface area contributed by atoms with Crippen molar-refractivity contribution in [2.75, 3.05) is 28.2 Å². The fraction of sp³-hybridized carbons (Fsp3) is 0.357. The van der Waals surface area contributed by atoms with Gasteiger partial charge in [-0.05, 0) is 59.5 Å². The lowest BCUT2D eigenvalue weighted by molar-refractivity contribution is -0.849. The molecule has 0 aromatic heterocycles. The maximum Gasteiger partial charge on any atom is 0.343 e. The molecule has 0 fully saturated rings. The van der Waals surface area contributed by atoms with Crippen LogP contribution in [0, 0.1) is 17.5 Å². The highest BCUT2D eigenvalue weighted by Gasteiger charge is 2.44. The summed E-state index contributed by atoms with van der Waals surface area (Å²) in [6.07, 6.45) is 1.87. The molecule has 0 heterocycles. The van der Waals surface area contributed by atoms with Crippen LogP contribution in [0.2, 0.25) is 0 Å². The highest BCUT2D eigenvalue weighted by molar-refractivity contribution is 6.30. The van der Waals surface area contributed by atoms with Crippen LogP contribution in [0.3, 0.4) is 0 Å². The van der Waals surface area contributed by atoms with E-state index in [4.69, 9.17) is 4.65 Å². The second-order valence-electron chi connectivity index (χ2n) is 10.1. The number of hydrogen-bond acceptors (Lipinski definition) is 3. The number of quaternary nitrogens is 1. The van der Waals surface area contributed by atoms with Crippen LogP contribution in [0.25, 0.3) is 0 Å². The van der Waals surface area contributed by atoms with Crippen LogP contribution in [0.15, 0.2) is 72.8 Å². The highest BCUT2D eigenvalue weighted by atomic mass is 19.1. The zero-order chi connectivity index (χ0) is 26.9. The van der Waals surface area contributed by atoms with Gasteiger partial charge in [-0.1, -0.05) is 56.2 Å². The molecule has 1 N–H and O–H groups in total. The van der Waals surface area contributed by atoms with E-state index in [0.29, 0.717) is 18.4 Å². The van der Waals surface area contributed by atoms with Gasteiger partial charge in [-0.3, -0.25) is 0 Å². The molecule has 8 heteroatoms. The Morgan fingerprint density at radius 1 is 0.861 bits per heavy atom. The molecule has 4 nitrogen and oxygen atoms in total. The van der Waals surface area contributed by atoms with Crippen molar-refractivity contribution in [2.45, 2.75) is 37.7 Å². The summed E-state index contributed by atoms with van der Waals surface area (Å²) in [5.74, 6) is -2.38.